The molecule has 0 saturated heterocycles. The van der Waals surface area contributed by atoms with E-state index in [1.165, 1.54) is 25.7 Å². The van der Waals surface area contributed by atoms with Crippen LogP contribution in [0, 0.1) is 5.92 Å². The van der Waals surface area contributed by atoms with Crippen LogP contribution in [-0.4, -0.2) is 22.8 Å². The highest BCUT2D eigenvalue weighted by molar-refractivity contribution is 6.67. The molecule has 16 heavy (non-hydrogen) atoms. The highest BCUT2D eigenvalue weighted by atomic mass is 28.4. The van der Waals surface area contributed by atoms with Crippen LogP contribution in [0.5, 0.6) is 0 Å². The fourth-order valence-electron chi connectivity index (χ4n) is 2.32. The van der Waals surface area contributed by atoms with Crippen molar-refractivity contribution in [2.45, 2.75) is 37.8 Å². The van der Waals surface area contributed by atoms with Gasteiger partial charge in [0.05, 0.1) is 0 Å². The Morgan fingerprint density at radius 1 is 1.38 bits per heavy atom. The van der Waals surface area contributed by atoms with Crippen LogP contribution in [0.15, 0.2) is 24.8 Å². The monoisotopic (exact) mass is 240 g/mol. The second-order valence-corrected chi connectivity index (χ2v) is 8.05. The summed E-state index contributed by atoms with van der Waals surface area (Å²) in [5, 5.41) is 0. The molecule has 1 unspecified atom stereocenters. The molecule has 1 aliphatic rings. The maximum atomic E-state index is 5.65. The lowest BCUT2D eigenvalue weighted by molar-refractivity contribution is 0.240. The van der Waals surface area contributed by atoms with E-state index in [4.69, 9.17) is 8.85 Å². The van der Waals surface area contributed by atoms with E-state index in [0.29, 0.717) is 0 Å². The first kappa shape index (κ1) is 13.7. The summed E-state index contributed by atoms with van der Waals surface area (Å²) in [7, 11) is 1.59. The molecule has 1 atom stereocenters. The van der Waals surface area contributed by atoms with Gasteiger partial charge in [0.25, 0.3) is 0 Å². The fraction of sp³-hybridized carbons (Fsp3) is 0.692. The molecule has 0 aromatic heterocycles. The Kier molecular flexibility index (Phi) is 6.02. The molecule has 0 aromatic carbocycles. The fourth-order valence-corrected chi connectivity index (χ4v) is 4.72. The van der Waals surface area contributed by atoms with Gasteiger partial charge in [-0.15, -0.1) is 6.58 Å². The normalized spacial score (nSPS) is 21.0. The van der Waals surface area contributed by atoms with Crippen molar-refractivity contribution in [1.82, 2.24) is 0 Å². The van der Waals surface area contributed by atoms with Crippen LogP contribution >= 0.6 is 0 Å². The van der Waals surface area contributed by atoms with Gasteiger partial charge >= 0.3 is 8.56 Å². The zero-order chi connectivity index (χ0) is 11.9. The van der Waals surface area contributed by atoms with Gasteiger partial charge in [0.2, 0.25) is 0 Å². The third-order valence-corrected chi connectivity index (χ3v) is 6.96. The summed E-state index contributed by atoms with van der Waals surface area (Å²) in [6, 6.07) is 1.98. The zero-order valence-electron chi connectivity index (χ0n) is 10.6. The molecule has 1 rings (SSSR count). The Morgan fingerprint density at radius 2 is 2.12 bits per heavy atom. The summed E-state index contributed by atoms with van der Waals surface area (Å²) in [6.07, 6.45) is 11.5. The van der Waals surface area contributed by atoms with Gasteiger partial charge in [-0.2, -0.15) is 0 Å². The van der Waals surface area contributed by atoms with Gasteiger partial charge in [0.1, 0.15) is 0 Å². The average molecular weight is 240 g/mol. The smallest absolute Gasteiger partial charge is 0.341 e. The van der Waals surface area contributed by atoms with Crippen LogP contribution in [0.1, 0.15) is 25.7 Å². The number of rotatable bonds is 7. The van der Waals surface area contributed by atoms with Crippen molar-refractivity contribution in [3.05, 3.63) is 24.8 Å². The van der Waals surface area contributed by atoms with Gasteiger partial charge in [-0.3, -0.25) is 0 Å². The SMILES string of the molecule is C=CC[Si](CCC1CC=CCC1)(OC)OC. The maximum absolute atomic E-state index is 5.65. The lowest BCUT2D eigenvalue weighted by Gasteiger charge is -2.28. The second kappa shape index (κ2) is 7.04. The van der Waals surface area contributed by atoms with Crippen LogP contribution in [0.3, 0.4) is 0 Å². The van der Waals surface area contributed by atoms with Crippen molar-refractivity contribution in [2.75, 3.05) is 14.2 Å². The summed E-state index contributed by atoms with van der Waals surface area (Å²) in [5.41, 5.74) is 0. The Balaban J connectivity index is 2.42. The Hall–Kier alpha value is -0.383. The molecule has 3 heteroatoms. The molecular formula is C13H24O2Si. The summed E-state index contributed by atoms with van der Waals surface area (Å²) >= 11 is 0. The summed E-state index contributed by atoms with van der Waals surface area (Å²) in [4.78, 5) is 0. The van der Waals surface area contributed by atoms with Gasteiger partial charge in [-0.1, -0.05) is 18.2 Å². The van der Waals surface area contributed by atoms with Gasteiger partial charge in [-0.25, -0.2) is 0 Å². The second-order valence-electron chi connectivity index (χ2n) is 4.50. The van der Waals surface area contributed by atoms with Crippen molar-refractivity contribution in [3.63, 3.8) is 0 Å². The van der Waals surface area contributed by atoms with Crippen molar-refractivity contribution in [1.29, 1.82) is 0 Å². The van der Waals surface area contributed by atoms with Crippen LogP contribution in [0.25, 0.3) is 0 Å². The van der Waals surface area contributed by atoms with Gasteiger partial charge in [-0.05, 0) is 37.6 Å². The van der Waals surface area contributed by atoms with E-state index in [1.807, 2.05) is 6.08 Å². The zero-order valence-corrected chi connectivity index (χ0v) is 11.6. The predicted octanol–water partition coefficient (Wildman–Crippen LogP) is 3.65. The lowest BCUT2D eigenvalue weighted by Crippen LogP contribution is -2.39. The molecule has 0 saturated carbocycles. The van der Waals surface area contributed by atoms with E-state index in [1.54, 1.807) is 14.2 Å². The molecule has 0 heterocycles. The van der Waals surface area contributed by atoms with E-state index in [2.05, 4.69) is 18.7 Å². The summed E-state index contributed by atoms with van der Waals surface area (Å²) in [5.74, 6) is 0.826. The molecule has 1 aliphatic carbocycles. The molecule has 0 aromatic rings. The summed E-state index contributed by atoms with van der Waals surface area (Å²) in [6.45, 7) is 3.80. The molecule has 0 N–H and O–H groups in total. The van der Waals surface area contributed by atoms with Crippen LogP contribution < -0.4 is 0 Å². The standard InChI is InChI=1S/C13H24O2Si/c1-4-11-16(14-2,15-3)12-10-13-8-6-5-7-9-13/h4-6,13H,1,7-12H2,2-3H3. The maximum Gasteiger partial charge on any atom is 0.341 e. The van der Waals surface area contributed by atoms with E-state index in [0.717, 1.165) is 18.0 Å². The molecule has 2 nitrogen and oxygen atoms in total. The minimum atomic E-state index is -1.97. The van der Waals surface area contributed by atoms with Crippen molar-refractivity contribution in [3.8, 4) is 0 Å². The first-order chi connectivity index (χ1) is 7.76. The first-order valence-electron chi connectivity index (χ1n) is 6.12. The highest BCUT2D eigenvalue weighted by Gasteiger charge is 2.34. The summed E-state index contributed by atoms with van der Waals surface area (Å²) < 4.78 is 11.3. The Bertz CT molecular complexity index is 234. The Labute approximate surface area is 101 Å². The van der Waals surface area contributed by atoms with E-state index in [-0.39, 0.29) is 0 Å². The third kappa shape index (κ3) is 3.89. The quantitative estimate of drug-likeness (QED) is 0.499. The number of hydrogen-bond acceptors (Lipinski definition) is 2. The van der Waals surface area contributed by atoms with E-state index in [9.17, 15) is 0 Å². The molecule has 0 amide bonds. The van der Waals surface area contributed by atoms with E-state index < -0.39 is 8.56 Å². The average Bonchev–Trinajstić information content (AvgIpc) is 2.36. The molecule has 0 spiro atoms. The van der Waals surface area contributed by atoms with Gasteiger partial charge < -0.3 is 8.85 Å². The molecule has 0 radical (unpaired) electrons. The van der Waals surface area contributed by atoms with E-state index >= 15 is 0 Å². The van der Waals surface area contributed by atoms with Crippen LogP contribution in [-0.2, 0) is 8.85 Å². The molecule has 0 bridgehead atoms. The number of hydrogen-bond donors (Lipinski definition) is 0. The highest BCUT2D eigenvalue weighted by Crippen LogP contribution is 2.28. The van der Waals surface area contributed by atoms with Gasteiger partial charge in [0.15, 0.2) is 0 Å². The Morgan fingerprint density at radius 3 is 2.62 bits per heavy atom. The minimum Gasteiger partial charge on any atom is -0.397 e. The van der Waals surface area contributed by atoms with Crippen molar-refractivity contribution < 1.29 is 8.85 Å². The molecule has 0 fully saturated rings. The topological polar surface area (TPSA) is 18.5 Å². The lowest BCUT2D eigenvalue weighted by atomic mass is 9.92. The minimum absolute atomic E-state index is 0.826. The van der Waals surface area contributed by atoms with Crippen LogP contribution in [0.4, 0.5) is 0 Å². The van der Waals surface area contributed by atoms with Crippen molar-refractivity contribution in [2.24, 2.45) is 5.92 Å². The molecular weight excluding hydrogens is 216 g/mol. The number of allylic oxidation sites excluding steroid dienone is 3. The predicted molar refractivity (Wildman–Crippen MR) is 70.7 cm³/mol. The van der Waals surface area contributed by atoms with Crippen LogP contribution in [0.2, 0.25) is 12.1 Å². The third-order valence-electron chi connectivity index (χ3n) is 3.51. The largest absolute Gasteiger partial charge is 0.397 e. The molecule has 92 valence electrons. The first-order valence-corrected chi connectivity index (χ1v) is 8.35. The van der Waals surface area contributed by atoms with Gasteiger partial charge in [0, 0.05) is 20.3 Å². The van der Waals surface area contributed by atoms with Crippen molar-refractivity contribution >= 4 is 8.56 Å². The molecule has 0 aliphatic heterocycles.